The van der Waals surface area contributed by atoms with Crippen LogP contribution in [-0.4, -0.2) is 37.2 Å². The molecule has 0 spiro atoms. The lowest BCUT2D eigenvalue weighted by atomic mass is 10.1. The Morgan fingerprint density at radius 1 is 0.333 bits per heavy atom. The van der Waals surface area contributed by atoms with Gasteiger partial charge < -0.3 is 14.2 Å². The normalized spacial score (nSPS) is 12.8. The van der Waals surface area contributed by atoms with Crippen LogP contribution < -0.4 is 0 Å². The molecule has 0 aliphatic rings. The van der Waals surface area contributed by atoms with E-state index in [1.165, 1.54) is 25.7 Å². The number of ether oxygens (including phenoxy) is 3. The fraction of sp³-hybridized carbons (Fsp3) is 0.561. The van der Waals surface area contributed by atoms with Crippen molar-refractivity contribution in [1.29, 1.82) is 0 Å². The van der Waals surface area contributed by atoms with Gasteiger partial charge in [0.25, 0.3) is 0 Å². The summed E-state index contributed by atoms with van der Waals surface area (Å²) in [7, 11) is 0. The second kappa shape index (κ2) is 50.2. The molecule has 63 heavy (non-hydrogen) atoms. The van der Waals surface area contributed by atoms with Gasteiger partial charge in [-0.3, -0.25) is 14.4 Å². The maximum absolute atomic E-state index is 12.8. The van der Waals surface area contributed by atoms with Crippen LogP contribution in [0.1, 0.15) is 188 Å². The Morgan fingerprint density at radius 2 is 0.603 bits per heavy atom. The van der Waals surface area contributed by atoms with Crippen LogP contribution >= 0.6 is 0 Å². The highest BCUT2D eigenvalue weighted by atomic mass is 16.6. The number of unbranched alkanes of at least 4 members (excludes halogenated alkanes) is 9. The smallest absolute Gasteiger partial charge is 0.306 e. The number of allylic oxidation sites excluding steroid dienone is 22. The molecule has 0 unspecified atom stereocenters. The van der Waals surface area contributed by atoms with E-state index in [9.17, 15) is 14.4 Å². The maximum Gasteiger partial charge on any atom is 0.306 e. The van der Waals surface area contributed by atoms with Crippen LogP contribution in [0.2, 0.25) is 0 Å². The molecule has 0 aromatic rings. The molecule has 0 aromatic heterocycles. The number of esters is 3. The second-order valence-corrected chi connectivity index (χ2v) is 15.6. The third-order valence-electron chi connectivity index (χ3n) is 9.62. The number of hydrogen-bond donors (Lipinski definition) is 0. The molecule has 0 saturated carbocycles. The lowest BCUT2D eigenvalue weighted by molar-refractivity contribution is -0.167. The summed E-state index contributed by atoms with van der Waals surface area (Å²) in [5.41, 5.74) is 0. The zero-order valence-corrected chi connectivity index (χ0v) is 40.0. The molecule has 0 fully saturated rings. The van der Waals surface area contributed by atoms with Gasteiger partial charge in [-0.2, -0.15) is 0 Å². The predicted octanol–water partition coefficient (Wildman–Crippen LogP) is 16.3. The van der Waals surface area contributed by atoms with Gasteiger partial charge in [-0.05, 0) is 135 Å². The van der Waals surface area contributed by atoms with E-state index < -0.39 is 6.10 Å². The first kappa shape index (κ1) is 58.6. The van der Waals surface area contributed by atoms with E-state index in [0.29, 0.717) is 19.3 Å². The minimum Gasteiger partial charge on any atom is -0.462 e. The third-order valence-corrected chi connectivity index (χ3v) is 9.62. The minimum atomic E-state index is -0.836. The standard InChI is InChI=1S/C57H88O6/c1-4-7-10-13-16-19-22-25-28-31-34-37-40-43-46-49-55(58)61-52-54(63-57(60)51-48-45-42-39-36-33-30-27-24-21-18-15-12-9-6-3)53-62-56(59)50-47-44-41-38-35-32-29-26-23-20-17-14-11-8-5-2/h7-8,10-11,16-21,25-30,34-39,54H,4-6,9,12-15,22-24,31-33,40-53H2,1-3H3/b10-7-,11-8-,19-16-,20-17-,21-18-,28-25-,29-26-,30-27-,37-34-,38-35-,39-36-. The molecular formula is C57H88O6. The lowest BCUT2D eigenvalue weighted by Gasteiger charge is -2.18. The Kier molecular flexibility index (Phi) is 46.7. The van der Waals surface area contributed by atoms with Gasteiger partial charge in [0.1, 0.15) is 13.2 Å². The number of rotatable bonds is 42. The first-order valence-corrected chi connectivity index (χ1v) is 24.7. The summed E-state index contributed by atoms with van der Waals surface area (Å²) < 4.78 is 16.7. The summed E-state index contributed by atoms with van der Waals surface area (Å²) in [6.07, 6.45) is 70.1. The third kappa shape index (κ3) is 48.4. The molecule has 6 heteroatoms. The minimum absolute atomic E-state index is 0.133. The fourth-order valence-electron chi connectivity index (χ4n) is 5.96. The Hall–Kier alpha value is -4.45. The average Bonchev–Trinajstić information content (AvgIpc) is 3.28. The van der Waals surface area contributed by atoms with Crippen molar-refractivity contribution in [2.24, 2.45) is 0 Å². The number of carbonyl (C=O) groups excluding carboxylic acids is 3. The topological polar surface area (TPSA) is 78.9 Å². The monoisotopic (exact) mass is 869 g/mol. The summed E-state index contributed by atoms with van der Waals surface area (Å²) in [5.74, 6) is -1.06. The van der Waals surface area contributed by atoms with Gasteiger partial charge in [-0.15, -0.1) is 0 Å². The molecule has 0 aromatic carbocycles. The van der Waals surface area contributed by atoms with E-state index in [1.807, 2.05) is 0 Å². The second-order valence-electron chi connectivity index (χ2n) is 15.6. The van der Waals surface area contributed by atoms with Gasteiger partial charge in [0.15, 0.2) is 6.10 Å². The van der Waals surface area contributed by atoms with Crippen LogP contribution in [0.15, 0.2) is 134 Å². The highest BCUT2D eigenvalue weighted by Gasteiger charge is 2.19. The first-order valence-electron chi connectivity index (χ1n) is 24.7. The van der Waals surface area contributed by atoms with Crippen molar-refractivity contribution < 1.29 is 28.6 Å². The first-order chi connectivity index (χ1) is 31.0. The van der Waals surface area contributed by atoms with Crippen molar-refractivity contribution in [3.63, 3.8) is 0 Å². The van der Waals surface area contributed by atoms with Gasteiger partial charge in [-0.1, -0.05) is 167 Å². The van der Waals surface area contributed by atoms with Crippen molar-refractivity contribution in [3.05, 3.63) is 134 Å². The van der Waals surface area contributed by atoms with Gasteiger partial charge in [0.2, 0.25) is 0 Å². The van der Waals surface area contributed by atoms with Gasteiger partial charge in [0, 0.05) is 19.3 Å². The maximum atomic E-state index is 12.8. The zero-order chi connectivity index (χ0) is 45.8. The predicted molar refractivity (Wildman–Crippen MR) is 269 cm³/mol. The van der Waals surface area contributed by atoms with Gasteiger partial charge in [-0.25, -0.2) is 0 Å². The molecule has 0 rings (SSSR count). The van der Waals surface area contributed by atoms with Crippen molar-refractivity contribution in [2.45, 2.75) is 194 Å². The van der Waals surface area contributed by atoms with Crippen molar-refractivity contribution in [1.82, 2.24) is 0 Å². The lowest BCUT2D eigenvalue weighted by Crippen LogP contribution is -2.30. The molecule has 0 atom stereocenters. The van der Waals surface area contributed by atoms with E-state index in [0.717, 1.165) is 103 Å². The zero-order valence-electron chi connectivity index (χ0n) is 40.0. The molecular weight excluding hydrogens is 781 g/mol. The molecule has 0 aliphatic heterocycles. The largest absolute Gasteiger partial charge is 0.462 e. The Labute approximate surface area is 385 Å². The molecule has 0 amide bonds. The summed E-state index contributed by atoms with van der Waals surface area (Å²) in [6.45, 7) is 6.24. The highest BCUT2D eigenvalue weighted by molar-refractivity contribution is 5.71. The van der Waals surface area contributed by atoms with Crippen LogP contribution in [0.5, 0.6) is 0 Å². The van der Waals surface area contributed by atoms with Crippen molar-refractivity contribution in [2.75, 3.05) is 13.2 Å². The van der Waals surface area contributed by atoms with Crippen LogP contribution in [-0.2, 0) is 28.6 Å². The Balaban J connectivity index is 4.62. The van der Waals surface area contributed by atoms with E-state index in [4.69, 9.17) is 14.2 Å². The Morgan fingerprint density at radius 3 is 0.905 bits per heavy atom. The van der Waals surface area contributed by atoms with Crippen molar-refractivity contribution >= 4 is 17.9 Å². The quantitative estimate of drug-likeness (QED) is 0.0263. The van der Waals surface area contributed by atoms with E-state index in [1.54, 1.807) is 0 Å². The number of carbonyl (C=O) groups is 3. The number of hydrogen-bond acceptors (Lipinski definition) is 6. The molecule has 0 bridgehead atoms. The molecule has 6 nitrogen and oxygen atoms in total. The van der Waals surface area contributed by atoms with Crippen molar-refractivity contribution in [3.8, 4) is 0 Å². The van der Waals surface area contributed by atoms with Crippen LogP contribution in [0, 0.1) is 0 Å². The summed E-state index contributed by atoms with van der Waals surface area (Å²) in [4.78, 5) is 37.9. The highest BCUT2D eigenvalue weighted by Crippen LogP contribution is 2.10. The SMILES string of the molecule is CC/C=C\C/C=C\C/C=C\C/C=C\CCCCC(=O)OCC(COC(=O)CCCC/C=C\C/C=C\C/C=C\C/C=C\CC)OC(=O)CCCC/C=C\C/C=C\C/C=C\CCCCC. The van der Waals surface area contributed by atoms with Crippen LogP contribution in [0.25, 0.3) is 0 Å². The molecule has 352 valence electrons. The summed E-state index contributed by atoms with van der Waals surface area (Å²) >= 11 is 0. The molecule has 0 aliphatic carbocycles. The Bertz CT molecular complexity index is 1340. The summed E-state index contributed by atoms with van der Waals surface area (Å²) in [6, 6.07) is 0. The van der Waals surface area contributed by atoms with E-state index in [2.05, 4.69) is 154 Å². The molecule has 0 saturated heterocycles. The fourth-order valence-corrected chi connectivity index (χ4v) is 5.96. The molecule has 0 heterocycles. The van der Waals surface area contributed by atoms with Crippen LogP contribution in [0.3, 0.4) is 0 Å². The molecule has 0 N–H and O–H groups in total. The molecule has 0 radical (unpaired) electrons. The average molecular weight is 869 g/mol. The van der Waals surface area contributed by atoms with Gasteiger partial charge >= 0.3 is 17.9 Å². The van der Waals surface area contributed by atoms with E-state index in [-0.39, 0.29) is 50.4 Å². The van der Waals surface area contributed by atoms with Crippen LogP contribution in [0.4, 0.5) is 0 Å². The van der Waals surface area contributed by atoms with Gasteiger partial charge in [0.05, 0.1) is 0 Å². The summed E-state index contributed by atoms with van der Waals surface area (Å²) in [5, 5.41) is 0. The van der Waals surface area contributed by atoms with E-state index >= 15 is 0 Å².